The average Bonchev–Trinajstić information content (AvgIpc) is 3.17. The van der Waals surface area contributed by atoms with E-state index in [9.17, 15) is 0 Å². The van der Waals surface area contributed by atoms with Crippen molar-refractivity contribution in [2.24, 2.45) is 0 Å². The van der Waals surface area contributed by atoms with E-state index < -0.39 is 0 Å². The highest BCUT2D eigenvalue weighted by Gasteiger charge is 2.38. The van der Waals surface area contributed by atoms with Crippen molar-refractivity contribution in [2.75, 3.05) is 4.90 Å². The van der Waals surface area contributed by atoms with E-state index in [1.54, 1.807) is 0 Å². The van der Waals surface area contributed by atoms with Gasteiger partial charge in [0.05, 0.1) is 22.8 Å². The quantitative estimate of drug-likeness (QED) is 0.403. The van der Waals surface area contributed by atoms with Crippen molar-refractivity contribution in [1.82, 2.24) is 4.57 Å². The van der Waals surface area contributed by atoms with E-state index in [-0.39, 0.29) is 6.04 Å². The van der Waals surface area contributed by atoms with Gasteiger partial charge in [0.15, 0.2) is 0 Å². The van der Waals surface area contributed by atoms with Crippen LogP contribution in [0.5, 0.6) is 0 Å². The SMILES string of the molecule is c1ccc2c(c1)-c1ccccc1N1c3ccccc3-n3cccc3C21. The first-order chi connectivity index (χ1) is 12.4. The van der Waals surface area contributed by atoms with Crippen molar-refractivity contribution in [3.05, 3.63) is 102 Å². The molecule has 3 heterocycles. The Kier molecular flexibility index (Phi) is 2.43. The standard InChI is InChI=1S/C23H16N2/c1-2-10-18-16(8-1)17-9-3-4-11-19(17)25-21-13-6-5-12-20(21)24-15-7-14-22(24)23(18)25/h1-15,23H. The van der Waals surface area contributed by atoms with Gasteiger partial charge in [-0.25, -0.2) is 0 Å². The highest BCUT2D eigenvalue weighted by Crippen LogP contribution is 2.53. The van der Waals surface area contributed by atoms with Crippen LogP contribution in [0.25, 0.3) is 16.8 Å². The fourth-order valence-corrected chi connectivity index (χ4v) is 4.44. The number of para-hydroxylation sites is 3. The number of benzene rings is 3. The van der Waals surface area contributed by atoms with E-state index >= 15 is 0 Å². The van der Waals surface area contributed by atoms with E-state index in [1.807, 2.05) is 0 Å². The third-order valence-electron chi connectivity index (χ3n) is 5.43. The lowest BCUT2D eigenvalue weighted by molar-refractivity contribution is 0.724. The molecule has 25 heavy (non-hydrogen) atoms. The molecule has 0 bridgehead atoms. The molecule has 3 aromatic carbocycles. The fraction of sp³-hybridized carbons (Fsp3) is 0.0435. The summed E-state index contributed by atoms with van der Waals surface area (Å²) < 4.78 is 2.33. The van der Waals surface area contributed by atoms with Crippen LogP contribution in [-0.4, -0.2) is 4.57 Å². The van der Waals surface area contributed by atoms with Crippen molar-refractivity contribution in [1.29, 1.82) is 0 Å². The molecular weight excluding hydrogens is 304 g/mol. The molecule has 4 aromatic rings. The van der Waals surface area contributed by atoms with Gasteiger partial charge in [-0.3, -0.25) is 0 Å². The van der Waals surface area contributed by atoms with E-state index in [1.165, 1.54) is 39.4 Å². The van der Waals surface area contributed by atoms with Gasteiger partial charge in [0.2, 0.25) is 0 Å². The Morgan fingerprint density at radius 3 is 2.12 bits per heavy atom. The molecular formula is C23H16N2. The number of nitrogens with zero attached hydrogens (tertiary/aromatic N) is 2. The van der Waals surface area contributed by atoms with Crippen LogP contribution in [0.4, 0.5) is 11.4 Å². The first-order valence-electron chi connectivity index (χ1n) is 8.68. The molecule has 2 aliphatic rings. The molecule has 0 fully saturated rings. The Morgan fingerprint density at radius 2 is 1.24 bits per heavy atom. The number of fused-ring (bicyclic) bond motifs is 11. The maximum absolute atomic E-state index is 2.50. The first kappa shape index (κ1) is 13.1. The van der Waals surface area contributed by atoms with Gasteiger partial charge in [-0.2, -0.15) is 0 Å². The largest absolute Gasteiger partial charge is 0.326 e. The van der Waals surface area contributed by atoms with Crippen molar-refractivity contribution in [3.63, 3.8) is 0 Å². The van der Waals surface area contributed by atoms with Gasteiger partial charge in [0, 0.05) is 11.8 Å². The molecule has 2 aliphatic heterocycles. The van der Waals surface area contributed by atoms with Crippen LogP contribution < -0.4 is 4.90 Å². The molecule has 1 atom stereocenters. The van der Waals surface area contributed by atoms with E-state index in [2.05, 4.69) is 101 Å². The summed E-state index contributed by atoms with van der Waals surface area (Å²) in [7, 11) is 0. The Morgan fingerprint density at radius 1 is 0.560 bits per heavy atom. The second kappa shape index (κ2) is 4.64. The van der Waals surface area contributed by atoms with Crippen LogP contribution in [0.2, 0.25) is 0 Å². The molecule has 1 aromatic heterocycles. The lowest BCUT2D eigenvalue weighted by Gasteiger charge is -2.44. The summed E-state index contributed by atoms with van der Waals surface area (Å²) in [4.78, 5) is 2.50. The Balaban J connectivity index is 1.77. The third-order valence-corrected chi connectivity index (χ3v) is 5.43. The van der Waals surface area contributed by atoms with Gasteiger partial charge < -0.3 is 9.47 Å². The highest BCUT2D eigenvalue weighted by molar-refractivity contribution is 5.91. The smallest absolute Gasteiger partial charge is 0.101 e. The van der Waals surface area contributed by atoms with Crippen molar-refractivity contribution < 1.29 is 0 Å². The van der Waals surface area contributed by atoms with Crippen LogP contribution >= 0.6 is 0 Å². The molecule has 0 spiro atoms. The third kappa shape index (κ3) is 1.59. The summed E-state index contributed by atoms with van der Waals surface area (Å²) >= 11 is 0. The summed E-state index contributed by atoms with van der Waals surface area (Å²) in [5.41, 5.74) is 9.13. The predicted octanol–water partition coefficient (Wildman–Crippen LogP) is 5.70. The van der Waals surface area contributed by atoms with Crippen LogP contribution in [0.1, 0.15) is 17.3 Å². The molecule has 118 valence electrons. The molecule has 0 saturated heterocycles. The number of aromatic nitrogens is 1. The molecule has 0 amide bonds. The number of hydrogen-bond donors (Lipinski definition) is 0. The van der Waals surface area contributed by atoms with Crippen molar-refractivity contribution in [3.8, 4) is 16.8 Å². The minimum atomic E-state index is 0.205. The topological polar surface area (TPSA) is 8.17 Å². The first-order valence-corrected chi connectivity index (χ1v) is 8.68. The Labute approximate surface area is 146 Å². The zero-order chi connectivity index (χ0) is 16.4. The summed E-state index contributed by atoms with van der Waals surface area (Å²) in [6.07, 6.45) is 2.18. The maximum Gasteiger partial charge on any atom is 0.101 e. The normalized spacial score (nSPS) is 16.3. The molecule has 2 heteroatoms. The molecule has 0 saturated carbocycles. The van der Waals surface area contributed by atoms with Gasteiger partial charge in [0.25, 0.3) is 0 Å². The van der Waals surface area contributed by atoms with Crippen LogP contribution in [0.15, 0.2) is 91.1 Å². The van der Waals surface area contributed by atoms with Gasteiger partial charge in [-0.15, -0.1) is 0 Å². The van der Waals surface area contributed by atoms with Gasteiger partial charge >= 0.3 is 0 Å². The van der Waals surface area contributed by atoms with Gasteiger partial charge in [-0.1, -0.05) is 54.6 Å². The number of rotatable bonds is 0. The lowest BCUT2D eigenvalue weighted by Crippen LogP contribution is -2.34. The monoisotopic (exact) mass is 320 g/mol. The van der Waals surface area contributed by atoms with Crippen LogP contribution in [0.3, 0.4) is 0 Å². The fourth-order valence-electron chi connectivity index (χ4n) is 4.44. The average molecular weight is 320 g/mol. The summed E-state index contributed by atoms with van der Waals surface area (Å²) in [6.45, 7) is 0. The molecule has 2 nitrogen and oxygen atoms in total. The number of anilines is 2. The minimum absolute atomic E-state index is 0.205. The molecule has 0 radical (unpaired) electrons. The van der Waals surface area contributed by atoms with Gasteiger partial charge in [0.1, 0.15) is 6.04 Å². The van der Waals surface area contributed by atoms with E-state index in [0.717, 1.165) is 0 Å². The summed E-state index contributed by atoms with van der Waals surface area (Å²) in [5.74, 6) is 0. The summed E-state index contributed by atoms with van der Waals surface area (Å²) in [6, 6.07) is 30.9. The van der Waals surface area contributed by atoms with Crippen LogP contribution in [0, 0.1) is 0 Å². The highest BCUT2D eigenvalue weighted by atomic mass is 15.2. The number of hydrogen-bond acceptors (Lipinski definition) is 1. The molecule has 0 N–H and O–H groups in total. The van der Waals surface area contributed by atoms with Crippen molar-refractivity contribution >= 4 is 11.4 Å². The van der Waals surface area contributed by atoms with Gasteiger partial charge in [-0.05, 0) is 41.5 Å². The predicted molar refractivity (Wildman–Crippen MR) is 102 cm³/mol. The maximum atomic E-state index is 2.50. The summed E-state index contributed by atoms with van der Waals surface area (Å²) in [5, 5.41) is 0. The zero-order valence-electron chi connectivity index (χ0n) is 13.6. The van der Waals surface area contributed by atoms with Crippen molar-refractivity contribution in [2.45, 2.75) is 6.04 Å². The second-order valence-corrected chi connectivity index (χ2v) is 6.67. The van der Waals surface area contributed by atoms with Crippen LogP contribution in [-0.2, 0) is 0 Å². The lowest BCUT2D eigenvalue weighted by atomic mass is 9.85. The van der Waals surface area contributed by atoms with E-state index in [4.69, 9.17) is 0 Å². The molecule has 6 rings (SSSR count). The van der Waals surface area contributed by atoms with E-state index in [0.29, 0.717) is 0 Å². The minimum Gasteiger partial charge on any atom is -0.326 e. The second-order valence-electron chi connectivity index (χ2n) is 6.67. The Hall–Kier alpha value is -3.26. The molecule has 1 unspecified atom stereocenters. The zero-order valence-corrected chi connectivity index (χ0v) is 13.6. The Bertz CT molecular complexity index is 1120. The molecule has 0 aliphatic carbocycles.